The van der Waals surface area contributed by atoms with Crippen molar-refractivity contribution in [3.05, 3.63) is 43.5 Å². The molecule has 2 aromatic carbocycles. The fourth-order valence-corrected chi connectivity index (χ4v) is 3.85. The van der Waals surface area contributed by atoms with Crippen LogP contribution in [0.4, 0.5) is 0 Å². The van der Waals surface area contributed by atoms with Crippen LogP contribution in [0.1, 0.15) is 0 Å². The highest BCUT2D eigenvalue weighted by atomic mass is 127. The molecule has 0 fully saturated rings. The van der Waals surface area contributed by atoms with Crippen LogP contribution < -0.4 is 5.32 Å². The second kappa shape index (κ2) is 7.64. The van der Waals surface area contributed by atoms with Gasteiger partial charge in [0.15, 0.2) is 0 Å². The SMILES string of the molecule is OCCNCC(O)Cn1c2ccc(I)cc2c2cc(I)ccc21. The van der Waals surface area contributed by atoms with Crippen molar-refractivity contribution in [1.82, 2.24) is 9.88 Å². The Morgan fingerprint density at radius 1 is 1.00 bits per heavy atom. The standard InChI is InChI=1S/C17H18I2N2O2/c18-11-1-3-16-14(7-11)15-8-12(19)2-4-17(15)21(16)10-13(23)9-20-5-6-22/h1-4,7-8,13,20,22-23H,5-6,9-10H2. The van der Waals surface area contributed by atoms with Gasteiger partial charge in [0.25, 0.3) is 0 Å². The van der Waals surface area contributed by atoms with Crippen molar-refractivity contribution in [1.29, 1.82) is 0 Å². The Morgan fingerprint density at radius 2 is 1.57 bits per heavy atom. The molecule has 0 bridgehead atoms. The van der Waals surface area contributed by atoms with E-state index in [1.165, 1.54) is 17.9 Å². The van der Waals surface area contributed by atoms with E-state index in [1.807, 2.05) is 0 Å². The number of hydrogen-bond acceptors (Lipinski definition) is 3. The fourth-order valence-electron chi connectivity index (χ4n) is 2.87. The Morgan fingerprint density at radius 3 is 2.09 bits per heavy atom. The number of nitrogens with zero attached hydrogens (tertiary/aromatic N) is 1. The number of aliphatic hydroxyl groups is 2. The minimum absolute atomic E-state index is 0.0823. The molecular formula is C17H18I2N2O2. The second-order valence-corrected chi connectivity index (χ2v) is 8.01. The Balaban J connectivity index is 2.03. The first kappa shape index (κ1) is 17.4. The van der Waals surface area contributed by atoms with Gasteiger partial charge in [-0.1, -0.05) is 0 Å². The molecule has 6 heteroatoms. The van der Waals surface area contributed by atoms with Gasteiger partial charge in [-0.2, -0.15) is 0 Å². The Hall–Kier alpha value is -0.420. The van der Waals surface area contributed by atoms with Gasteiger partial charge in [0, 0.05) is 42.0 Å². The Bertz CT molecular complexity index is 773. The number of fused-ring (bicyclic) bond motifs is 3. The molecule has 0 aliphatic heterocycles. The van der Waals surface area contributed by atoms with Crippen LogP contribution >= 0.6 is 45.2 Å². The molecule has 1 unspecified atom stereocenters. The lowest BCUT2D eigenvalue weighted by Gasteiger charge is -2.14. The maximum atomic E-state index is 10.3. The van der Waals surface area contributed by atoms with Gasteiger partial charge in [0.05, 0.1) is 19.3 Å². The summed E-state index contributed by atoms with van der Waals surface area (Å²) in [4.78, 5) is 0. The highest BCUT2D eigenvalue weighted by Gasteiger charge is 2.14. The van der Waals surface area contributed by atoms with Crippen molar-refractivity contribution < 1.29 is 10.2 Å². The molecule has 0 saturated heterocycles. The molecule has 0 saturated carbocycles. The van der Waals surface area contributed by atoms with Gasteiger partial charge in [-0.3, -0.25) is 0 Å². The maximum absolute atomic E-state index is 10.3. The zero-order chi connectivity index (χ0) is 16.4. The van der Waals surface area contributed by atoms with Crippen molar-refractivity contribution in [2.45, 2.75) is 12.6 Å². The molecule has 1 atom stereocenters. The van der Waals surface area contributed by atoms with Crippen LogP contribution in [-0.2, 0) is 6.54 Å². The molecule has 0 spiro atoms. The van der Waals surface area contributed by atoms with Crippen LogP contribution in [0.25, 0.3) is 21.8 Å². The third-order valence-corrected chi connectivity index (χ3v) is 5.19. The zero-order valence-corrected chi connectivity index (χ0v) is 16.8. The number of rotatable bonds is 6. The van der Waals surface area contributed by atoms with Gasteiger partial charge in [0.1, 0.15) is 0 Å². The second-order valence-electron chi connectivity index (χ2n) is 5.52. The molecule has 3 rings (SSSR count). The fraction of sp³-hybridized carbons (Fsp3) is 0.294. The first-order valence-electron chi connectivity index (χ1n) is 7.47. The number of halogens is 2. The molecule has 0 aliphatic rings. The summed E-state index contributed by atoms with van der Waals surface area (Å²) in [5, 5.41) is 24.6. The van der Waals surface area contributed by atoms with Crippen molar-refractivity contribution in [3.8, 4) is 0 Å². The van der Waals surface area contributed by atoms with Gasteiger partial charge in [-0.15, -0.1) is 0 Å². The van der Waals surface area contributed by atoms with E-state index in [4.69, 9.17) is 5.11 Å². The van der Waals surface area contributed by atoms with E-state index in [9.17, 15) is 5.11 Å². The van der Waals surface area contributed by atoms with Crippen LogP contribution in [0.2, 0.25) is 0 Å². The summed E-state index contributed by atoms with van der Waals surface area (Å²) in [6.07, 6.45) is -0.501. The predicted octanol–water partition coefficient (Wildman–Crippen LogP) is 2.95. The molecule has 4 nitrogen and oxygen atoms in total. The van der Waals surface area contributed by atoms with Crippen molar-refractivity contribution >= 4 is 67.0 Å². The summed E-state index contributed by atoms with van der Waals surface area (Å²) in [6.45, 7) is 1.58. The van der Waals surface area contributed by atoms with Gasteiger partial charge >= 0.3 is 0 Å². The summed E-state index contributed by atoms with van der Waals surface area (Å²) in [5.41, 5.74) is 2.28. The predicted molar refractivity (Wildman–Crippen MR) is 111 cm³/mol. The van der Waals surface area contributed by atoms with Gasteiger partial charge < -0.3 is 20.1 Å². The van der Waals surface area contributed by atoms with Crippen LogP contribution in [0, 0.1) is 7.14 Å². The summed E-state index contributed by atoms with van der Waals surface area (Å²) in [7, 11) is 0. The number of hydrogen-bond donors (Lipinski definition) is 3. The monoisotopic (exact) mass is 536 g/mol. The highest BCUT2D eigenvalue weighted by Crippen LogP contribution is 2.31. The van der Waals surface area contributed by atoms with Crippen LogP contribution in [0.15, 0.2) is 36.4 Å². The Labute approximate surface area is 162 Å². The van der Waals surface area contributed by atoms with E-state index >= 15 is 0 Å². The quantitative estimate of drug-likeness (QED) is 0.336. The Kier molecular flexibility index (Phi) is 5.78. The smallest absolute Gasteiger partial charge is 0.0843 e. The molecule has 0 amide bonds. The van der Waals surface area contributed by atoms with Crippen molar-refractivity contribution in [3.63, 3.8) is 0 Å². The lowest BCUT2D eigenvalue weighted by molar-refractivity contribution is 0.151. The largest absolute Gasteiger partial charge is 0.395 e. The molecular weight excluding hydrogens is 518 g/mol. The third-order valence-electron chi connectivity index (χ3n) is 3.85. The topological polar surface area (TPSA) is 57.4 Å². The van der Waals surface area contributed by atoms with Crippen LogP contribution in [0.5, 0.6) is 0 Å². The van der Waals surface area contributed by atoms with Crippen molar-refractivity contribution in [2.24, 2.45) is 0 Å². The molecule has 122 valence electrons. The molecule has 23 heavy (non-hydrogen) atoms. The zero-order valence-electron chi connectivity index (χ0n) is 12.5. The summed E-state index contributed by atoms with van der Waals surface area (Å²) in [5.74, 6) is 0. The highest BCUT2D eigenvalue weighted by molar-refractivity contribution is 14.1. The first-order chi connectivity index (χ1) is 11.1. The minimum Gasteiger partial charge on any atom is -0.395 e. The molecule has 1 aromatic heterocycles. The average Bonchev–Trinajstić information content (AvgIpc) is 2.80. The van der Waals surface area contributed by atoms with Gasteiger partial charge in [-0.25, -0.2) is 0 Å². The number of nitrogens with one attached hydrogen (secondary N) is 1. The molecule has 3 aromatic rings. The van der Waals surface area contributed by atoms with E-state index in [2.05, 4.69) is 91.5 Å². The molecule has 1 heterocycles. The minimum atomic E-state index is -0.501. The van der Waals surface area contributed by atoms with E-state index in [0.717, 1.165) is 11.0 Å². The van der Waals surface area contributed by atoms with E-state index in [0.29, 0.717) is 19.6 Å². The molecule has 0 aliphatic carbocycles. The van der Waals surface area contributed by atoms with E-state index in [-0.39, 0.29) is 6.61 Å². The lowest BCUT2D eigenvalue weighted by atomic mass is 10.2. The number of aliphatic hydroxyl groups excluding tert-OH is 2. The lowest BCUT2D eigenvalue weighted by Crippen LogP contribution is -2.31. The van der Waals surface area contributed by atoms with E-state index in [1.54, 1.807) is 0 Å². The summed E-state index contributed by atoms with van der Waals surface area (Å²) >= 11 is 4.66. The normalized spacial score (nSPS) is 13.0. The van der Waals surface area contributed by atoms with Gasteiger partial charge in [-0.05, 0) is 81.6 Å². The summed E-state index contributed by atoms with van der Waals surface area (Å²) < 4.78 is 4.60. The number of aromatic nitrogens is 1. The number of benzene rings is 2. The first-order valence-corrected chi connectivity index (χ1v) is 9.62. The van der Waals surface area contributed by atoms with Crippen LogP contribution in [-0.4, -0.2) is 40.6 Å². The van der Waals surface area contributed by atoms with Crippen LogP contribution in [0.3, 0.4) is 0 Å². The van der Waals surface area contributed by atoms with Gasteiger partial charge in [0.2, 0.25) is 0 Å². The maximum Gasteiger partial charge on any atom is 0.0843 e. The molecule has 3 N–H and O–H groups in total. The summed E-state index contributed by atoms with van der Waals surface area (Å²) in [6, 6.07) is 12.8. The van der Waals surface area contributed by atoms with Crippen molar-refractivity contribution in [2.75, 3.05) is 19.7 Å². The average molecular weight is 536 g/mol. The van der Waals surface area contributed by atoms with E-state index < -0.39 is 6.10 Å². The third kappa shape index (κ3) is 3.81. The molecule has 0 radical (unpaired) electrons.